The quantitative estimate of drug-likeness (QED) is 0.0202. The molecule has 0 aliphatic carbocycles. The van der Waals surface area contributed by atoms with Crippen molar-refractivity contribution in [1.29, 1.82) is 21.0 Å². The molecule has 30 heteroatoms. The van der Waals surface area contributed by atoms with E-state index < -0.39 is 52.2 Å². The van der Waals surface area contributed by atoms with Crippen molar-refractivity contribution in [2.24, 2.45) is 45.8 Å². The van der Waals surface area contributed by atoms with E-state index in [9.17, 15) is 62.6 Å². The Morgan fingerprint density at radius 2 is 0.712 bits per heavy atom. The third-order valence-electron chi connectivity index (χ3n) is 15.5. The molecule has 1 aromatic rings. The van der Waals surface area contributed by atoms with E-state index in [0.29, 0.717) is 30.6 Å². The molecule has 0 saturated heterocycles. The van der Waals surface area contributed by atoms with Gasteiger partial charge in [0.15, 0.2) is 0 Å². The normalized spacial score (nSPS) is 12.0. The van der Waals surface area contributed by atoms with Crippen LogP contribution in [0.5, 0.6) is 5.75 Å². The second-order valence-corrected chi connectivity index (χ2v) is 25.6. The van der Waals surface area contributed by atoms with Gasteiger partial charge in [0.1, 0.15) is 84.5 Å². The summed E-state index contributed by atoms with van der Waals surface area (Å²) in [4.78, 5) is 133. The van der Waals surface area contributed by atoms with Crippen LogP contribution in [0.1, 0.15) is 208 Å². The summed E-state index contributed by atoms with van der Waals surface area (Å²) >= 11 is 0. The minimum absolute atomic E-state index is 0.0475. The number of nitriles is 4. The van der Waals surface area contributed by atoms with E-state index in [4.69, 9.17) is 68.8 Å². The van der Waals surface area contributed by atoms with Gasteiger partial charge >= 0.3 is 71.6 Å². The lowest BCUT2D eigenvalue weighted by Crippen LogP contribution is -2.33. The first-order valence-electron chi connectivity index (χ1n) is 36.6. The van der Waals surface area contributed by atoms with Gasteiger partial charge in [-0.25, -0.2) is 19.2 Å². The highest BCUT2D eigenvalue weighted by molar-refractivity contribution is 5.87. The molecule has 1 aromatic carbocycles. The SMILES string of the molecule is C=C(C)C(=O)OCC(O)COC(=O)C(C)CC.C=CC(=O)OCCOC(=O)C(C)(C)CC.C=CC(=O)OCCOC(=O)C(C)CC.C=CC(=O)OCCOC(=O)C(C)CC.CCC(C)(C)C(=O)OCCC#N.CCC(C)(CO)C(=O)OCCC#N.CCC(C)C(=O)OCCC#N.CCC(C)C(=O)Oc1ccc(C#N)cc1. The number of carbonyl (C=O) groups is 12. The summed E-state index contributed by atoms with van der Waals surface area (Å²) in [6.07, 6.45) is 8.61. The number of rotatable bonds is 41. The molecule has 30 nitrogen and oxygen atoms in total. The molecule has 2 N–H and O–H groups in total. The van der Waals surface area contributed by atoms with Crippen LogP contribution in [-0.2, 0) is 110 Å². The molecule has 111 heavy (non-hydrogen) atoms. The molecule has 0 amide bonds. The number of hydrogen-bond acceptors (Lipinski definition) is 30. The van der Waals surface area contributed by atoms with Crippen LogP contribution in [0.15, 0.2) is 74.4 Å². The van der Waals surface area contributed by atoms with E-state index in [1.807, 2.05) is 121 Å². The summed E-state index contributed by atoms with van der Waals surface area (Å²) in [7, 11) is 0. The molecule has 0 saturated carbocycles. The van der Waals surface area contributed by atoms with Gasteiger partial charge in [-0.15, -0.1) is 0 Å². The Kier molecular flexibility index (Phi) is 73.2. The Bertz CT molecular complexity index is 3050. The molecule has 7 atom stereocenters. The summed E-state index contributed by atoms with van der Waals surface area (Å²) in [5, 5.41) is 51.5. The van der Waals surface area contributed by atoms with Crippen LogP contribution < -0.4 is 4.74 Å². The summed E-state index contributed by atoms with van der Waals surface area (Å²) in [6, 6.07) is 14.2. The van der Waals surface area contributed by atoms with Gasteiger partial charge in [0, 0.05) is 23.8 Å². The molecule has 0 heterocycles. The van der Waals surface area contributed by atoms with E-state index in [0.717, 1.165) is 50.3 Å². The van der Waals surface area contributed by atoms with Crippen molar-refractivity contribution in [3.63, 3.8) is 0 Å². The summed E-state index contributed by atoms with van der Waals surface area (Å²) in [6.45, 7) is 48.2. The van der Waals surface area contributed by atoms with Crippen LogP contribution in [-0.4, -0.2) is 167 Å². The van der Waals surface area contributed by atoms with Gasteiger partial charge in [-0.05, 0) is 117 Å². The number of benzene rings is 1. The second kappa shape index (κ2) is 71.3. The first kappa shape index (κ1) is 114. The maximum atomic E-state index is 11.4. The molecule has 626 valence electrons. The number of aliphatic hydroxyl groups is 2. The zero-order valence-electron chi connectivity index (χ0n) is 69.1. The predicted molar refractivity (Wildman–Crippen MR) is 410 cm³/mol. The standard InChI is InChI=1S/C12H13NO2.C12H20O5.C11H18O4.2C10H16O4.C9H15NO3.C9H15NO2.C8H13NO2/c1-3-9(2)12(14)15-11-6-4-10(8-13)5-7-11;1-5-9(4)12(15)17-7-10(13)6-16-11(14)8(2)3;1-5-9(12)14-7-8-15-10(13)11(3,4)6-2;2*1-4-8(3)10(12)14-7-6-13-9(11)5-2;1-3-9(2,7-11)8(12)13-6-4-5-10;1-4-9(2,3)8(11)12-7-5-6-10;1-3-7(2)8(10)11-6-4-5-9/h4-7,9H,3H2,1-2H3;9-10,13H,2,5-7H2,1,3-4H3;5H,1,6-8H2,2-4H3;2*5,8H,2,4,6-7H2,1,3H3;11H,3-4,6-7H2,1-2H3;4-5,7H2,1-3H3;7H,3-4,6H2,1-2H3. The molecule has 0 fully saturated rings. The number of hydrogen-bond donors (Lipinski definition) is 2. The maximum absolute atomic E-state index is 11.4. The highest BCUT2D eigenvalue weighted by Crippen LogP contribution is 2.24. The van der Waals surface area contributed by atoms with Gasteiger partial charge in [0.05, 0.1) is 102 Å². The molecule has 1 rings (SSSR count). The van der Waals surface area contributed by atoms with Crippen LogP contribution in [0.4, 0.5) is 0 Å². The zero-order chi connectivity index (χ0) is 87.2. The minimum atomic E-state index is -1.01. The monoisotopic (exact) mass is 1570 g/mol. The van der Waals surface area contributed by atoms with Crippen LogP contribution in [0, 0.1) is 91.2 Å². The fraction of sp³-hybridized carbons (Fsp3) is 0.630. The van der Waals surface area contributed by atoms with Crippen LogP contribution in [0.2, 0.25) is 0 Å². The molecular weight excluding hydrogens is 1440 g/mol. The van der Waals surface area contributed by atoms with Gasteiger partial charge in [-0.2, -0.15) is 21.0 Å². The van der Waals surface area contributed by atoms with E-state index in [1.54, 1.807) is 52.0 Å². The van der Waals surface area contributed by atoms with Gasteiger partial charge in [-0.3, -0.25) is 38.4 Å². The van der Waals surface area contributed by atoms with E-state index in [2.05, 4.69) is 40.5 Å². The average Bonchev–Trinajstić information content (AvgIpc) is 0.913. The number of nitrogens with zero attached hydrogens (tertiary/aromatic N) is 4. The molecule has 0 radical (unpaired) electrons. The second-order valence-electron chi connectivity index (χ2n) is 25.6. The van der Waals surface area contributed by atoms with Crippen molar-refractivity contribution < 1.29 is 125 Å². The minimum Gasteiger partial charge on any atom is -0.464 e. The van der Waals surface area contributed by atoms with Crippen molar-refractivity contribution in [2.75, 3.05) is 79.3 Å². The fourth-order valence-electron chi connectivity index (χ4n) is 5.51. The van der Waals surface area contributed by atoms with Crippen LogP contribution >= 0.6 is 0 Å². The summed E-state index contributed by atoms with van der Waals surface area (Å²) in [5.41, 5.74) is -0.917. The van der Waals surface area contributed by atoms with E-state index in [1.165, 1.54) is 6.92 Å². The Morgan fingerprint density at radius 3 is 1.01 bits per heavy atom. The number of carbonyl (C=O) groups excluding carboxylic acids is 12. The Hall–Kier alpha value is -10.3. The van der Waals surface area contributed by atoms with Gasteiger partial charge < -0.3 is 67.1 Å². The predicted octanol–water partition coefficient (Wildman–Crippen LogP) is 12.1. The lowest BCUT2D eigenvalue weighted by Gasteiger charge is -2.22. The van der Waals surface area contributed by atoms with Crippen molar-refractivity contribution >= 4 is 71.6 Å². The van der Waals surface area contributed by atoms with E-state index in [-0.39, 0.29) is 175 Å². The molecule has 0 bridgehead atoms. The first-order valence-corrected chi connectivity index (χ1v) is 36.6. The molecular formula is C81H126N4O26. The molecule has 0 spiro atoms. The summed E-state index contributed by atoms with van der Waals surface area (Å²) < 4.78 is 57.6. The molecule has 0 aliphatic rings. The summed E-state index contributed by atoms with van der Waals surface area (Å²) in [5.74, 6) is -4.43. The molecule has 0 aliphatic heterocycles. The average molecular weight is 1570 g/mol. The smallest absolute Gasteiger partial charge is 0.333 e. The number of aliphatic hydroxyl groups excluding tert-OH is 2. The highest BCUT2D eigenvalue weighted by atomic mass is 16.6. The van der Waals surface area contributed by atoms with Crippen molar-refractivity contribution in [1.82, 2.24) is 0 Å². The molecule has 7 unspecified atom stereocenters. The fourth-order valence-corrected chi connectivity index (χ4v) is 5.51. The lowest BCUT2D eigenvalue weighted by molar-refractivity contribution is -0.158. The van der Waals surface area contributed by atoms with Crippen molar-refractivity contribution in [3.8, 4) is 30.0 Å². The lowest BCUT2D eigenvalue weighted by atomic mass is 9.89. The van der Waals surface area contributed by atoms with Gasteiger partial charge in [0.25, 0.3) is 0 Å². The Balaban J connectivity index is -0.000000223. The molecule has 0 aromatic heterocycles. The Labute approximate surface area is 658 Å². The zero-order valence-corrected chi connectivity index (χ0v) is 69.1. The highest BCUT2D eigenvalue weighted by Gasteiger charge is 2.32. The van der Waals surface area contributed by atoms with Crippen molar-refractivity contribution in [2.45, 2.75) is 208 Å². The Morgan fingerprint density at radius 1 is 0.423 bits per heavy atom. The largest absolute Gasteiger partial charge is 0.464 e. The van der Waals surface area contributed by atoms with Crippen LogP contribution in [0.3, 0.4) is 0 Å². The van der Waals surface area contributed by atoms with Crippen LogP contribution in [0.25, 0.3) is 0 Å². The third-order valence-corrected chi connectivity index (χ3v) is 15.5. The van der Waals surface area contributed by atoms with Gasteiger partial charge in [-0.1, -0.05) is 116 Å². The maximum Gasteiger partial charge on any atom is 0.333 e. The first-order chi connectivity index (χ1) is 52.1. The van der Waals surface area contributed by atoms with Gasteiger partial charge in [0.2, 0.25) is 0 Å². The van der Waals surface area contributed by atoms with Crippen molar-refractivity contribution in [3.05, 3.63) is 79.9 Å². The topological polar surface area (TPSA) is 451 Å². The van der Waals surface area contributed by atoms with E-state index >= 15 is 0 Å². The third kappa shape index (κ3) is 64.3. The number of ether oxygens (including phenoxy) is 12. The number of esters is 12.